The van der Waals surface area contributed by atoms with Crippen LogP contribution in [-0.4, -0.2) is 46.9 Å². The molecule has 0 aromatic carbocycles. The van der Waals surface area contributed by atoms with Gasteiger partial charge in [-0.2, -0.15) is 0 Å². The van der Waals surface area contributed by atoms with Crippen molar-refractivity contribution in [3.8, 4) is 0 Å². The molecule has 0 spiro atoms. The maximum Gasteiger partial charge on any atom is 0.306 e. The molecule has 57 heavy (non-hydrogen) atoms. The summed E-state index contributed by atoms with van der Waals surface area (Å²) in [6.45, 7) is 6.46. The second kappa shape index (κ2) is 45.7. The third-order valence-electron chi connectivity index (χ3n) is 11.8. The van der Waals surface area contributed by atoms with Gasteiger partial charge in [0.15, 0.2) is 0 Å². The Morgan fingerprint density at radius 2 is 0.842 bits per heavy atom. The number of nitrogens with one attached hydrogen (secondary N) is 1. The number of carbonyl (C=O) groups is 2. The fraction of sp³-hybridized carbons (Fsp3) is 0.922. The SMILES string of the molecule is CCCCC/C=C\CCCCCCCC(=O)OC(CCCCCCCCCCC)CC(=O)NC(CO)C(O)CCCCCCCCCCCCCCCCCCC. The summed E-state index contributed by atoms with van der Waals surface area (Å²) in [5, 5.41) is 23.7. The maximum atomic E-state index is 13.1. The zero-order valence-electron chi connectivity index (χ0n) is 38.5. The minimum Gasteiger partial charge on any atom is -0.462 e. The number of rotatable bonds is 46. The van der Waals surface area contributed by atoms with Gasteiger partial charge in [-0.25, -0.2) is 0 Å². The lowest BCUT2D eigenvalue weighted by atomic mass is 10.0. The van der Waals surface area contributed by atoms with Gasteiger partial charge in [0.1, 0.15) is 6.10 Å². The van der Waals surface area contributed by atoms with Crippen LogP contribution in [0.15, 0.2) is 12.2 Å². The van der Waals surface area contributed by atoms with Crippen LogP contribution < -0.4 is 5.32 Å². The lowest BCUT2D eigenvalue weighted by molar-refractivity contribution is -0.151. The molecule has 6 heteroatoms. The topological polar surface area (TPSA) is 95.9 Å². The van der Waals surface area contributed by atoms with Gasteiger partial charge in [0.25, 0.3) is 0 Å². The summed E-state index contributed by atoms with van der Waals surface area (Å²) in [5.74, 6) is -0.472. The Morgan fingerprint density at radius 3 is 1.28 bits per heavy atom. The molecule has 0 aromatic rings. The Bertz CT molecular complexity index is 863. The molecule has 0 rings (SSSR count). The Hall–Kier alpha value is -1.40. The van der Waals surface area contributed by atoms with Crippen LogP contribution in [0.1, 0.15) is 278 Å². The molecule has 0 saturated heterocycles. The molecule has 0 saturated carbocycles. The highest BCUT2D eigenvalue weighted by atomic mass is 16.5. The minimum atomic E-state index is -0.782. The molecule has 0 aliphatic heterocycles. The molecule has 0 aromatic heterocycles. The quantitative estimate of drug-likeness (QED) is 0.0323. The highest BCUT2D eigenvalue weighted by Gasteiger charge is 2.24. The first-order chi connectivity index (χ1) is 28.0. The van der Waals surface area contributed by atoms with Gasteiger partial charge in [0.2, 0.25) is 5.91 Å². The molecule has 0 heterocycles. The Labute approximate surface area is 355 Å². The molecule has 3 atom stereocenters. The van der Waals surface area contributed by atoms with E-state index < -0.39 is 18.2 Å². The van der Waals surface area contributed by atoms with E-state index in [1.165, 1.54) is 180 Å². The van der Waals surface area contributed by atoms with Gasteiger partial charge in [-0.1, -0.05) is 226 Å². The number of hydrogen-bond acceptors (Lipinski definition) is 5. The molecule has 6 nitrogen and oxygen atoms in total. The molecule has 1 amide bonds. The van der Waals surface area contributed by atoms with Crippen molar-refractivity contribution in [2.45, 2.75) is 296 Å². The Balaban J connectivity index is 4.39. The number of esters is 1. The van der Waals surface area contributed by atoms with Gasteiger partial charge in [-0.3, -0.25) is 9.59 Å². The van der Waals surface area contributed by atoms with Crippen LogP contribution >= 0.6 is 0 Å². The van der Waals surface area contributed by atoms with E-state index in [2.05, 4.69) is 38.2 Å². The first-order valence-corrected chi connectivity index (χ1v) is 25.4. The highest BCUT2D eigenvalue weighted by molar-refractivity contribution is 5.77. The highest BCUT2D eigenvalue weighted by Crippen LogP contribution is 2.18. The van der Waals surface area contributed by atoms with Gasteiger partial charge in [-0.05, 0) is 51.4 Å². The van der Waals surface area contributed by atoms with E-state index in [4.69, 9.17) is 4.74 Å². The maximum absolute atomic E-state index is 13.1. The van der Waals surface area contributed by atoms with E-state index in [0.29, 0.717) is 19.3 Å². The minimum absolute atomic E-state index is 0.0804. The zero-order valence-corrected chi connectivity index (χ0v) is 38.5. The van der Waals surface area contributed by atoms with Crippen molar-refractivity contribution in [3.63, 3.8) is 0 Å². The molecule has 0 fully saturated rings. The largest absolute Gasteiger partial charge is 0.462 e. The van der Waals surface area contributed by atoms with E-state index in [9.17, 15) is 19.8 Å². The third kappa shape index (κ3) is 41.1. The standard InChI is InChI=1S/C51H99NO5/c1-4-7-10-13-16-19-21-23-24-25-26-27-28-31-34-37-40-43-49(54)48(46-53)52-50(55)45-47(42-39-36-33-30-18-15-12-9-6-3)57-51(56)44-41-38-35-32-29-22-20-17-14-11-8-5-2/h17,20,47-49,53-54H,4-16,18-19,21-46H2,1-3H3,(H,52,55)/b20-17-. The predicted molar refractivity (Wildman–Crippen MR) is 246 cm³/mol. The summed E-state index contributed by atoms with van der Waals surface area (Å²) >= 11 is 0. The molecule has 0 bridgehead atoms. The van der Waals surface area contributed by atoms with Crippen LogP contribution in [-0.2, 0) is 14.3 Å². The van der Waals surface area contributed by atoms with Crippen molar-refractivity contribution < 1.29 is 24.5 Å². The number of aliphatic hydroxyl groups excluding tert-OH is 2. The van der Waals surface area contributed by atoms with Gasteiger partial charge in [-0.15, -0.1) is 0 Å². The number of allylic oxidation sites excluding steroid dienone is 2. The van der Waals surface area contributed by atoms with Crippen LogP contribution in [0.5, 0.6) is 0 Å². The number of unbranched alkanes of at least 4 members (excludes halogenated alkanes) is 32. The number of amides is 1. The van der Waals surface area contributed by atoms with Gasteiger partial charge < -0.3 is 20.3 Å². The van der Waals surface area contributed by atoms with E-state index in [1.807, 2.05) is 0 Å². The van der Waals surface area contributed by atoms with Crippen LogP contribution in [0.4, 0.5) is 0 Å². The lowest BCUT2D eigenvalue weighted by Gasteiger charge is -2.24. The molecule has 0 aliphatic rings. The summed E-state index contributed by atoms with van der Waals surface area (Å²) < 4.78 is 5.90. The zero-order chi connectivity index (χ0) is 41.7. The Kier molecular flexibility index (Phi) is 44.6. The van der Waals surface area contributed by atoms with Gasteiger partial charge in [0.05, 0.1) is 25.2 Å². The molecule has 3 unspecified atom stereocenters. The number of ether oxygens (including phenoxy) is 1. The normalized spacial score (nSPS) is 13.3. The van der Waals surface area contributed by atoms with Crippen molar-refractivity contribution in [1.82, 2.24) is 5.32 Å². The predicted octanol–water partition coefficient (Wildman–Crippen LogP) is 15.0. The second-order valence-electron chi connectivity index (χ2n) is 17.6. The van der Waals surface area contributed by atoms with Crippen molar-refractivity contribution >= 4 is 11.9 Å². The summed E-state index contributed by atoms with van der Waals surface area (Å²) in [4.78, 5) is 26.0. The number of aliphatic hydroxyl groups is 2. The van der Waals surface area contributed by atoms with Crippen LogP contribution in [0.2, 0.25) is 0 Å². The average Bonchev–Trinajstić information content (AvgIpc) is 3.20. The van der Waals surface area contributed by atoms with Crippen LogP contribution in [0, 0.1) is 0 Å². The summed E-state index contributed by atoms with van der Waals surface area (Å²) in [5.41, 5.74) is 0. The van der Waals surface area contributed by atoms with E-state index in [1.54, 1.807) is 0 Å². The van der Waals surface area contributed by atoms with Gasteiger partial charge >= 0.3 is 5.97 Å². The third-order valence-corrected chi connectivity index (χ3v) is 11.8. The fourth-order valence-corrected chi connectivity index (χ4v) is 7.96. The van der Waals surface area contributed by atoms with Crippen LogP contribution in [0.25, 0.3) is 0 Å². The molecule has 0 radical (unpaired) electrons. The van der Waals surface area contributed by atoms with Crippen molar-refractivity contribution in [2.24, 2.45) is 0 Å². The summed E-state index contributed by atoms with van der Waals surface area (Å²) in [7, 11) is 0. The first kappa shape index (κ1) is 55.6. The van der Waals surface area contributed by atoms with E-state index in [0.717, 1.165) is 51.4 Å². The molecule has 338 valence electrons. The summed E-state index contributed by atoms with van der Waals surface area (Å²) in [6.07, 6.45) is 49.9. The fourth-order valence-electron chi connectivity index (χ4n) is 7.96. The van der Waals surface area contributed by atoms with Crippen molar-refractivity contribution in [1.29, 1.82) is 0 Å². The average molecular weight is 806 g/mol. The molecular weight excluding hydrogens is 707 g/mol. The molecule has 3 N–H and O–H groups in total. The van der Waals surface area contributed by atoms with E-state index >= 15 is 0 Å². The lowest BCUT2D eigenvalue weighted by Crippen LogP contribution is -2.46. The van der Waals surface area contributed by atoms with Crippen molar-refractivity contribution in [2.75, 3.05) is 6.61 Å². The molecular formula is C51H99NO5. The molecule has 0 aliphatic carbocycles. The van der Waals surface area contributed by atoms with Gasteiger partial charge in [0, 0.05) is 6.42 Å². The monoisotopic (exact) mass is 806 g/mol. The Morgan fingerprint density at radius 1 is 0.491 bits per heavy atom. The number of hydrogen-bond donors (Lipinski definition) is 3. The second-order valence-corrected chi connectivity index (χ2v) is 17.6. The van der Waals surface area contributed by atoms with Crippen molar-refractivity contribution in [3.05, 3.63) is 12.2 Å². The smallest absolute Gasteiger partial charge is 0.306 e. The summed E-state index contributed by atoms with van der Waals surface area (Å²) in [6, 6.07) is -0.695. The van der Waals surface area contributed by atoms with Crippen LogP contribution in [0.3, 0.4) is 0 Å². The first-order valence-electron chi connectivity index (χ1n) is 25.4. The number of carbonyl (C=O) groups excluding carboxylic acids is 2. The van der Waals surface area contributed by atoms with E-state index in [-0.39, 0.29) is 24.9 Å².